The zero-order valence-corrected chi connectivity index (χ0v) is 15.0. The molecule has 25 heavy (non-hydrogen) atoms. The first-order valence-corrected chi connectivity index (χ1v) is 8.87. The van der Waals surface area contributed by atoms with E-state index in [4.69, 9.17) is 9.47 Å². The van der Waals surface area contributed by atoms with Crippen LogP contribution >= 0.6 is 0 Å². The molecule has 0 spiro atoms. The van der Waals surface area contributed by atoms with E-state index in [1.165, 1.54) is 0 Å². The Kier molecular flexibility index (Phi) is 7.76. The fourth-order valence-corrected chi connectivity index (χ4v) is 2.11. The molecule has 2 aromatic carbocycles. The normalized spacial score (nSPS) is 11.4. The van der Waals surface area contributed by atoms with Gasteiger partial charge in [0.15, 0.2) is 0 Å². The van der Waals surface area contributed by atoms with Crippen LogP contribution in [0, 0.1) is 5.21 Å². The van der Waals surface area contributed by atoms with E-state index < -0.39 is 0 Å². The van der Waals surface area contributed by atoms with Crippen molar-refractivity contribution in [1.29, 1.82) is 0 Å². The monoisotopic (exact) mass is 342 g/mol. The average molecular weight is 342 g/mol. The maximum absolute atomic E-state index is 12.2. The van der Waals surface area contributed by atoms with Crippen molar-refractivity contribution in [1.82, 2.24) is 0 Å². The van der Waals surface area contributed by atoms with Gasteiger partial charge in [0.25, 0.3) is 0 Å². The third-order valence-corrected chi connectivity index (χ3v) is 3.63. The quantitative estimate of drug-likeness (QED) is 0.231. The summed E-state index contributed by atoms with van der Waals surface area (Å²) in [6, 6.07) is 14.2. The minimum Gasteiger partial charge on any atom is -0.594 e. The Morgan fingerprint density at radius 1 is 0.800 bits per heavy atom. The zero-order valence-electron chi connectivity index (χ0n) is 15.0. The van der Waals surface area contributed by atoms with E-state index in [1.807, 2.05) is 12.1 Å². The summed E-state index contributed by atoms with van der Waals surface area (Å²) in [6.45, 7) is 5.63. The lowest BCUT2D eigenvalue weighted by Gasteiger charge is -2.06. The highest BCUT2D eigenvalue weighted by molar-refractivity contribution is 5.41. The highest BCUT2D eigenvalue weighted by Crippen LogP contribution is 2.22. The SMILES string of the molecule is CCCCOc1ccc(N=[N+]([O-])c2ccc(OCCCC)cc2)cc1. The van der Waals surface area contributed by atoms with Crippen molar-refractivity contribution in [2.24, 2.45) is 5.11 Å². The van der Waals surface area contributed by atoms with E-state index in [-0.39, 0.29) is 0 Å². The zero-order chi connectivity index (χ0) is 17.9. The van der Waals surface area contributed by atoms with E-state index >= 15 is 0 Å². The first-order valence-electron chi connectivity index (χ1n) is 8.87. The number of hydrogen-bond donors (Lipinski definition) is 0. The largest absolute Gasteiger partial charge is 0.594 e. The standard InChI is InChI=1S/C20H26N2O3/c1-3-5-15-24-19-11-7-17(8-12-19)21-22(23)18-9-13-20(14-10-18)25-16-6-4-2/h7-14H,3-6,15-16H2,1-2H3. The molecule has 0 saturated heterocycles. The molecule has 0 saturated carbocycles. The van der Waals surface area contributed by atoms with Crippen LogP contribution in [0.4, 0.5) is 11.4 Å². The molecule has 0 radical (unpaired) electrons. The van der Waals surface area contributed by atoms with Crippen LogP contribution < -0.4 is 9.47 Å². The topological polar surface area (TPSA) is 56.9 Å². The van der Waals surface area contributed by atoms with Gasteiger partial charge in [-0.05, 0) is 49.2 Å². The van der Waals surface area contributed by atoms with E-state index in [0.717, 1.165) is 37.2 Å². The van der Waals surface area contributed by atoms with Gasteiger partial charge in [-0.15, -0.1) is 0 Å². The molecular formula is C20H26N2O3. The molecule has 5 heteroatoms. The van der Waals surface area contributed by atoms with Gasteiger partial charge in [0.05, 0.1) is 13.2 Å². The number of azo groups is 1. The minimum absolute atomic E-state index is 0.464. The maximum atomic E-state index is 12.2. The molecule has 0 aliphatic rings. The summed E-state index contributed by atoms with van der Waals surface area (Å²) in [5.41, 5.74) is 1.05. The van der Waals surface area contributed by atoms with Crippen molar-refractivity contribution in [2.45, 2.75) is 39.5 Å². The molecule has 0 fully saturated rings. The number of rotatable bonds is 10. The van der Waals surface area contributed by atoms with Crippen molar-refractivity contribution in [2.75, 3.05) is 13.2 Å². The molecule has 0 aliphatic carbocycles. The van der Waals surface area contributed by atoms with Crippen LogP contribution in [0.5, 0.6) is 11.5 Å². The summed E-state index contributed by atoms with van der Waals surface area (Å²) >= 11 is 0. The fraction of sp³-hybridized carbons (Fsp3) is 0.400. The summed E-state index contributed by atoms with van der Waals surface area (Å²) in [4.78, 5) is 0.614. The number of ether oxygens (including phenoxy) is 2. The number of hydrogen-bond acceptors (Lipinski definition) is 4. The molecule has 0 heterocycles. The lowest BCUT2D eigenvalue weighted by Crippen LogP contribution is -1.97. The Balaban J connectivity index is 1.95. The minimum atomic E-state index is 0.464. The van der Waals surface area contributed by atoms with Crippen molar-refractivity contribution >= 4 is 11.4 Å². The van der Waals surface area contributed by atoms with Crippen LogP contribution in [0.3, 0.4) is 0 Å². The first kappa shape index (κ1) is 18.8. The second kappa shape index (κ2) is 10.3. The summed E-state index contributed by atoms with van der Waals surface area (Å²) < 4.78 is 11.2. The molecule has 0 unspecified atom stereocenters. The van der Waals surface area contributed by atoms with Gasteiger partial charge < -0.3 is 14.7 Å². The van der Waals surface area contributed by atoms with Crippen LogP contribution in [-0.2, 0) is 0 Å². The van der Waals surface area contributed by atoms with Gasteiger partial charge in [0.2, 0.25) is 5.69 Å². The summed E-state index contributed by atoms with van der Waals surface area (Å²) in [7, 11) is 0. The molecule has 0 aromatic heterocycles. The van der Waals surface area contributed by atoms with E-state index in [0.29, 0.717) is 29.4 Å². The summed E-state index contributed by atoms with van der Waals surface area (Å²) in [5, 5.41) is 16.2. The molecule has 2 aromatic rings. The second-order valence-electron chi connectivity index (χ2n) is 5.76. The smallest absolute Gasteiger partial charge is 0.245 e. The van der Waals surface area contributed by atoms with Crippen LogP contribution in [0.2, 0.25) is 0 Å². The van der Waals surface area contributed by atoms with Gasteiger partial charge in [-0.25, -0.2) is 0 Å². The molecule has 0 atom stereocenters. The molecule has 0 amide bonds. The van der Waals surface area contributed by atoms with Gasteiger partial charge in [-0.1, -0.05) is 31.5 Å². The summed E-state index contributed by atoms with van der Waals surface area (Å²) in [5.74, 6) is 1.55. The lowest BCUT2D eigenvalue weighted by molar-refractivity contribution is -0.435. The average Bonchev–Trinajstić information content (AvgIpc) is 2.64. The van der Waals surface area contributed by atoms with E-state index in [1.54, 1.807) is 36.4 Å². The molecule has 5 nitrogen and oxygen atoms in total. The summed E-state index contributed by atoms with van der Waals surface area (Å²) in [6.07, 6.45) is 4.23. The van der Waals surface area contributed by atoms with Crippen molar-refractivity contribution < 1.29 is 14.3 Å². The van der Waals surface area contributed by atoms with Crippen LogP contribution in [0.1, 0.15) is 39.5 Å². The molecule has 0 bridgehead atoms. The third-order valence-electron chi connectivity index (χ3n) is 3.63. The van der Waals surface area contributed by atoms with Gasteiger partial charge in [0, 0.05) is 17.2 Å². The number of nitrogens with zero attached hydrogens (tertiary/aromatic N) is 2. The Labute approximate surface area is 149 Å². The first-order chi connectivity index (χ1) is 12.2. The van der Waals surface area contributed by atoms with E-state index in [9.17, 15) is 5.21 Å². The van der Waals surface area contributed by atoms with Gasteiger partial charge in [0.1, 0.15) is 17.2 Å². The van der Waals surface area contributed by atoms with Gasteiger partial charge >= 0.3 is 0 Å². The molecule has 0 N–H and O–H groups in total. The molecule has 2 rings (SSSR count). The van der Waals surface area contributed by atoms with Crippen molar-refractivity contribution in [3.05, 3.63) is 53.7 Å². The lowest BCUT2D eigenvalue weighted by atomic mass is 10.3. The Morgan fingerprint density at radius 2 is 1.28 bits per heavy atom. The molecular weight excluding hydrogens is 316 g/mol. The second-order valence-corrected chi connectivity index (χ2v) is 5.76. The van der Waals surface area contributed by atoms with Gasteiger partial charge in [-0.3, -0.25) is 0 Å². The van der Waals surface area contributed by atoms with Crippen molar-refractivity contribution in [3.63, 3.8) is 0 Å². The molecule has 134 valence electrons. The number of unbranched alkanes of at least 4 members (excludes halogenated alkanes) is 2. The third kappa shape index (κ3) is 6.45. The Hall–Kier alpha value is -2.56. The maximum Gasteiger partial charge on any atom is 0.245 e. The molecule has 0 aliphatic heterocycles. The highest BCUT2D eigenvalue weighted by atomic mass is 16.5. The van der Waals surface area contributed by atoms with Crippen LogP contribution in [0.25, 0.3) is 0 Å². The van der Waals surface area contributed by atoms with Gasteiger partial charge in [-0.2, -0.15) is 0 Å². The Morgan fingerprint density at radius 3 is 1.76 bits per heavy atom. The number of benzene rings is 2. The van der Waals surface area contributed by atoms with E-state index in [2.05, 4.69) is 19.0 Å². The predicted octanol–water partition coefficient (Wildman–Crippen LogP) is 5.97. The Bertz CT molecular complexity index is 652. The van der Waals surface area contributed by atoms with Crippen LogP contribution in [-0.4, -0.2) is 18.1 Å². The highest BCUT2D eigenvalue weighted by Gasteiger charge is 2.05. The van der Waals surface area contributed by atoms with Crippen molar-refractivity contribution in [3.8, 4) is 11.5 Å². The predicted molar refractivity (Wildman–Crippen MR) is 99.1 cm³/mol. The van der Waals surface area contributed by atoms with Crippen LogP contribution in [0.15, 0.2) is 53.6 Å². The fourth-order valence-electron chi connectivity index (χ4n) is 2.11.